The van der Waals surface area contributed by atoms with Gasteiger partial charge < -0.3 is 15.3 Å². The maximum atomic E-state index is 11.6. The van der Waals surface area contributed by atoms with Crippen molar-refractivity contribution in [2.45, 2.75) is 40.7 Å². The summed E-state index contributed by atoms with van der Waals surface area (Å²) in [7, 11) is 1.87. The molecule has 0 aliphatic carbocycles. The van der Waals surface area contributed by atoms with Crippen molar-refractivity contribution in [2.24, 2.45) is 0 Å². The topological polar surface area (TPSA) is 87.5 Å². The summed E-state index contributed by atoms with van der Waals surface area (Å²) >= 11 is 0. The number of carboxylic acids is 1. The van der Waals surface area contributed by atoms with Crippen LogP contribution in [0.15, 0.2) is 18.2 Å². The monoisotopic (exact) mass is 358 g/mol. The van der Waals surface area contributed by atoms with Gasteiger partial charge in [0.1, 0.15) is 0 Å². The van der Waals surface area contributed by atoms with Crippen LogP contribution in [0.25, 0.3) is 0 Å². The van der Waals surface area contributed by atoms with Gasteiger partial charge >= 0.3 is 5.97 Å². The highest BCUT2D eigenvalue weighted by atomic mass is 16.4. The van der Waals surface area contributed by atoms with Crippen LogP contribution in [0.3, 0.4) is 0 Å². The minimum Gasteiger partial charge on any atom is -0.478 e. The fraction of sp³-hybridized carbons (Fsp3) is 0.421. The van der Waals surface area contributed by atoms with Crippen molar-refractivity contribution >= 4 is 23.3 Å². The average molecular weight is 358 g/mol. The molecule has 0 atom stereocenters. The molecular weight excluding hydrogens is 332 g/mol. The lowest BCUT2D eigenvalue weighted by Gasteiger charge is -2.22. The van der Waals surface area contributed by atoms with Crippen LogP contribution in [-0.4, -0.2) is 40.4 Å². The van der Waals surface area contributed by atoms with Crippen molar-refractivity contribution in [3.8, 4) is 0 Å². The molecule has 7 heteroatoms. The first-order valence-electron chi connectivity index (χ1n) is 8.63. The van der Waals surface area contributed by atoms with Crippen LogP contribution in [0, 0.1) is 13.8 Å². The van der Waals surface area contributed by atoms with Crippen LogP contribution in [0.4, 0.5) is 11.4 Å². The highest BCUT2D eigenvalue weighted by Gasteiger charge is 2.16. The van der Waals surface area contributed by atoms with E-state index in [0.29, 0.717) is 17.9 Å². The minimum absolute atomic E-state index is 0.163. The molecule has 0 unspecified atom stereocenters. The predicted molar refractivity (Wildman–Crippen MR) is 102 cm³/mol. The van der Waals surface area contributed by atoms with Crippen LogP contribution >= 0.6 is 0 Å². The Hall–Kier alpha value is -2.83. The van der Waals surface area contributed by atoms with Gasteiger partial charge in [-0.05, 0) is 51.0 Å². The average Bonchev–Trinajstić information content (AvgIpc) is 2.85. The molecule has 2 N–H and O–H groups in total. The maximum Gasteiger partial charge on any atom is 0.337 e. The molecule has 0 radical (unpaired) electrons. The van der Waals surface area contributed by atoms with Gasteiger partial charge in [-0.25, -0.2) is 4.79 Å². The molecule has 7 nitrogen and oxygen atoms in total. The Morgan fingerprint density at radius 3 is 2.54 bits per heavy atom. The van der Waals surface area contributed by atoms with Gasteiger partial charge in [0.25, 0.3) is 0 Å². The van der Waals surface area contributed by atoms with Crippen LogP contribution < -0.4 is 10.2 Å². The lowest BCUT2D eigenvalue weighted by molar-refractivity contribution is -0.114. The summed E-state index contributed by atoms with van der Waals surface area (Å²) in [6, 6.07) is 4.93. The molecule has 140 valence electrons. The van der Waals surface area contributed by atoms with E-state index in [9.17, 15) is 14.7 Å². The van der Waals surface area contributed by atoms with E-state index in [-0.39, 0.29) is 11.5 Å². The van der Waals surface area contributed by atoms with E-state index in [1.165, 1.54) is 18.6 Å². The molecule has 0 fully saturated rings. The normalized spacial score (nSPS) is 10.7. The molecule has 0 bridgehead atoms. The predicted octanol–water partition coefficient (Wildman–Crippen LogP) is 2.86. The van der Waals surface area contributed by atoms with Crippen LogP contribution in [0.5, 0.6) is 0 Å². The number of nitrogens with one attached hydrogen (secondary N) is 1. The van der Waals surface area contributed by atoms with Crippen LogP contribution in [0.2, 0.25) is 0 Å². The first kappa shape index (κ1) is 19.5. The zero-order chi connectivity index (χ0) is 19.4. The number of likely N-dealkylation sites (N-methyl/N-ethyl adjacent to an activating group) is 1. The Kier molecular flexibility index (Phi) is 6.02. The molecule has 0 spiro atoms. The third-order valence-corrected chi connectivity index (χ3v) is 4.49. The number of carbonyl (C=O) groups excluding carboxylic acids is 1. The van der Waals surface area contributed by atoms with E-state index < -0.39 is 5.97 Å². The quantitative estimate of drug-likeness (QED) is 0.795. The second kappa shape index (κ2) is 8.03. The van der Waals surface area contributed by atoms with Crippen molar-refractivity contribution in [1.29, 1.82) is 0 Å². The number of aryl methyl sites for hydroxylation is 2. The number of hydrogen-bond acceptors (Lipinski definition) is 4. The summed E-state index contributed by atoms with van der Waals surface area (Å²) in [5.74, 6) is -1.26. The Morgan fingerprint density at radius 2 is 2.00 bits per heavy atom. The van der Waals surface area contributed by atoms with Gasteiger partial charge in [-0.1, -0.05) is 0 Å². The smallest absolute Gasteiger partial charge is 0.337 e. The fourth-order valence-electron chi connectivity index (χ4n) is 3.12. The number of hydrogen-bond donors (Lipinski definition) is 2. The number of benzene rings is 1. The van der Waals surface area contributed by atoms with E-state index in [0.717, 1.165) is 24.4 Å². The molecule has 0 aliphatic rings. The zero-order valence-corrected chi connectivity index (χ0v) is 16.0. The van der Waals surface area contributed by atoms with E-state index >= 15 is 0 Å². The Labute approximate surface area is 153 Å². The molecule has 1 aromatic carbocycles. The molecular formula is C19H26N4O3. The van der Waals surface area contributed by atoms with Gasteiger partial charge in [-0.2, -0.15) is 5.10 Å². The second-order valence-electron chi connectivity index (χ2n) is 6.35. The Morgan fingerprint density at radius 1 is 1.31 bits per heavy atom. The standard InChI is InChI=1S/C19H26N4O3/c1-6-23-13(3)16(12(2)21-23)9-10-22(5)18-8-7-15(20-14(4)24)11-17(18)19(25)26/h7-8,11H,6,9-10H2,1-5H3,(H,20,24)(H,25,26). The van der Waals surface area contributed by atoms with Gasteiger partial charge in [0.05, 0.1) is 16.9 Å². The molecule has 0 aliphatic heterocycles. The number of nitrogens with zero attached hydrogens (tertiary/aromatic N) is 3. The highest BCUT2D eigenvalue weighted by Crippen LogP contribution is 2.24. The van der Waals surface area contributed by atoms with Crippen molar-refractivity contribution < 1.29 is 14.7 Å². The molecule has 1 heterocycles. The molecule has 26 heavy (non-hydrogen) atoms. The summed E-state index contributed by atoms with van der Waals surface area (Å²) in [6.07, 6.45) is 0.778. The first-order valence-corrected chi connectivity index (χ1v) is 8.63. The number of aromatic nitrogens is 2. The number of anilines is 2. The Bertz CT molecular complexity index is 826. The summed E-state index contributed by atoms with van der Waals surface area (Å²) in [5.41, 5.74) is 4.62. The van der Waals surface area contributed by atoms with Crippen molar-refractivity contribution in [1.82, 2.24) is 9.78 Å². The summed E-state index contributed by atoms with van der Waals surface area (Å²) in [4.78, 5) is 24.7. The fourth-order valence-corrected chi connectivity index (χ4v) is 3.12. The number of rotatable bonds is 7. The number of aromatic carboxylic acids is 1. The minimum atomic E-state index is -1.02. The van der Waals surface area contributed by atoms with Crippen molar-refractivity contribution in [2.75, 3.05) is 23.8 Å². The van der Waals surface area contributed by atoms with Gasteiger partial charge in [0.15, 0.2) is 0 Å². The third kappa shape index (κ3) is 4.22. The Balaban J connectivity index is 2.21. The van der Waals surface area contributed by atoms with E-state index in [1.807, 2.05) is 23.6 Å². The molecule has 2 rings (SSSR count). The van der Waals surface area contributed by atoms with Crippen molar-refractivity contribution in [3.63, 3.8) is 0 Å². The molecule has 2 aromatic rings. The van der Waals surface area contributed by atoms with Gasteiger partial charge in [0.2, 0.25) is 5.91 Å². The largest absolute Gasteiger partial charge is 0.478 e. The highest BCUT2D eigenvalue weighted by molar-refractivity contribution is 5.97. The summed E-state index contributed by atoms with van der Waals surface area (Å²) < 4.78 is 1.98. The molecule has 1 aromatic heterocycles. The first-order chi connectivity index (χ1) is 12.2. The molecule has 0 saturated heterocycles. The lowest BCUT2D eigenvalue weighted by atomic mass is 10.1. The SMILES string of the molecule is CCn1nc(C)c(CCN(C)c2ccc(NC(C)=O)cc2C(=O)O)c1C. The third-order valence-electron chi connectivity index (χ3n) is 4.49. The van der Waals surface area contributed by atoms with Crippen molar-refractivity contribution in [3.05, 3.63) is 40.7 Å². The number of carbonyl (C=O) groups is 2. The molecule has 0 saturated carbocycles. The zero-order valence-electron chi connectivity index (χ0n) is 16.0. The van der Waals surface area contributed by atoms with E-state index in [4.69, 9.17) is 0 Å². The lowest BCUT2D eigenvalue weighted by Crippen LogP contribution is -2.23. The van der Waals surface area contributed by atoms with Gasteiger partial charge in [-0.3, -0.25) is 9.48 Å². The van der Waals surface area contributed by atoms with Crippen LogP contribution in [-0.2, 0) is 17.8 Å². The number of carboxylic acid groups (broad SMARTS) is 1. The van der Waals surface area contributed by atoms with E-state index in [1.54, 1.807) is 12.1 Å². The van der Waals surface area contributed by atoms with Gasteiger partial charge in [-0.15, -0.1) is 0 Å². The summed E-state index contributed by atoms with van der Waals surface area (Å²) in [6.45, 7) is 9.00. The maximum absolute atomic E-state index is 11.6. The number of amides is 1. The van der Waals surface area contributed by atoms with Gasteiger partial charge in [0, 0.05) is 38.4 Å². The van der Waals surface area contributed by atoms with Crippen LogP contribution in [0.1, 0.15) is 41.2 Å². The van der Waals surface area contributed by atoms with E-state index in [2.05, 4.69) is 24.3 Å². The molecule has 1 amide bonds. The summed E-state index contributed by atoms with van der Waals surface area (Å²) in [5, 5.41) is 16.7. The second-order valence-corrected chi connectivity index (χ2v) is 6.35.